The molecule has 3 nitrogen and oxygen atoms in total. The van der Waals surface area contributed by atoms with Gasteiger partial charge in [0.15, 0.2) is 0 Å². The number of carbonyl (C=O) groups is 1. The van der Waals surface area contributed by atoms with E-state index in [9.17, 15) is 4.79 Å². The molecule has 0 bridgehead atoms. The van der Waals surface area contributed by atoms with Gasteiger partial charge in [-0.15, -0.1) is 11.3 Å². The van der Waals surface area contributed by atoms with Gasteiger partial charge in [-0.25, -0.2) is 0 Å². The molecule has 0 aliphatic carbocycles. The minimum Gasteiger partial charge on any atom is -0.344 e. The van der Waals surface area contributed by atoms with Crippen LogP contribution in [-0.2, 0) is 4.79 Å². The van der Waals surface area contributed by atoms with E-state index in [4.69, 9.17) is 0 Å². The SMILES string of the molecule is CC(NC(=O)/C=C/c1ccc(-c2ccc(Br)cc2)s1)c1ccccn1. The lowest BCUT2D eigenvalue weighted by Gasteiger charge is -2.11. The van der Waals surface area contributed by atoms with Crippen LogP contribution in [0.2, 0.25) is 0 Å². The molecule has 0 saturated carbocycles. The van der Waals surface area contributed by atoms with Crippen LogP contribution in [0.25, 0.3) is 16.5 Å². The molecule has 1 aromatic carbocycles. The zero-order chi connectivity index (χ0) is 17.6. The van der Waals surface area contributed by atoms with Gasteiger partial charge in [0.2, 0.25) is 5.91 Å². The third kappa shape index (κ3) is 4.87. The first kappa shape index (κ1) is 17.6. The Hall–Kier alpha value is -2.24. The normalized spacial score (nSPS) is 12.2. The summed E-state index contributed by atoms with van der Waals surface area (Å²) in [5.41, 5.74) is 2.01. The average molecular weight is 413 g/mol. The smallest absolute Gasteiger partial charge is 0.244 e. The predicted molar refractivity (Wildman–Crippen MR) is 107 cm³/mol. The van der Waals surface area contributed by atoms with Gasteiger partial charge in [-0.05, 0) is 55.0 Å². The van der Waals surface area contributed by atoms with Gasteiger partial charge in [-0.1, -0.05) is 34.1 Å². The highest BCUT2D eigenvalue weighted by Gasteiger charge is 2.08. The summed E-state index contributed by atoms with van der Waals surface area (Å²) in [6, 6.07) is 17.8. The lowest BCUT2D eigenvalue weighted by Crippen LogP contribution is -2.25. The van der Waals surface area contributed by atoms with Crippen molar-refractivity contribution in [1.29, 1.82) is 0 Å². The molecule has 1 atom stereocenters. The van der Waals surface area contributed by atoms with Crippen molar-refractivity contribution in [3.8, 4) is 10.4 Å². The Morgan fingerprint density at radius 3 is 2.68 bits per heavy atom. The van der Waals surface area contributed by atoms with Gasteiger partial charge < -0.3 is 5.32 Å². The number of carbonyl (C=O) groups excluding carboxylic acids is 1. The number of halogens is 1. The molecule has 0 saturated heterocycles. The molecule has 2 aromatic heterocycles. The number of thiophene rings is 1. The molecular formula is C20H17BrN2OS. The first-order chi connectivity index (χ1) is 12.1. The highest BCUT2D eigenvalue weighted by Crippen LogP contribution is 2.29. The summed E-state index contributed by atoms with van der Waals surface area (Å²) in [6.07, 6.45) is 5.13. The van der Waals surface area contributed by atoms with E-state index in [0.717, 1.165) is 15.0 Å². The quantitative estimate of drug-likeness (QED) is 0.564. The van der Waals surface area contributed by atoms with E-state index in [1.165, 1.54) is 10.4 Å². The molecule has 3 aromatic rings. The minimum absolute atomic E-state index is 0.125. The number of benzene rings is 1. The number of nitrogens with one attached hydrogen (secondary N) is 1. The van der Waals surface area contributed by atoms with E-state index in [2.05, 4.69) is 44.4 Å². The van der Waals surface area contributed by atoms with Gasteiger partial charge in [-0.2, -0.15) is 0 Å². The zero-order valence-corrected chi connectivity index (χ0v) is 16.0. The fraction of sp³-hybridized carbons (Fsp3) is 0.100. The minimum atomic E-state index is -0.128. The molecule has 0 fully saturated rings. The van der Waals surface area contributed by atoms with E-state index < -0.39 is 0 Å². The molecule has 0 radical (unpaired) electrons. The van der Waals surface area contributed by atoms with Crippen molar-refractivity contribution < 1.29 is 4.79 Å². The summed E-state index contributed by atoms with van der Waals surface area (Å²) in [5.74, 6) is -0.128. The van der Waals surface area contributed by atoms with Crippen LogP contribution < -0.4 is 5.32 Å². The molecule has 0 aliphatic heterocycles. The van der Waals surface area contributed by atoms with Crippen molar-refractivity contribution in [1.82, 2.24) is 10.3 Å². The molecule has 1 N–H and O–H groups in total. The van der Waals surface area contributed by atoms with Crippen LogP contribution in [0.4, 0.5) is 0 Å². The number of nitrogens with zero attached hydrogens (tertiary/aromatic N) is 1. The number of hydrogen-bond donors (Lipinski definition) is 1. The zero-order valence-electron chi connectivity index (χ0n) is 13.6. The van der Waals surface area contributed by atoms with Gasteiger partial charge in [0.25, 0.3) is 0 Å². The first-order valence-corrected chi connectivity index (χ1v) is 9.48. The summed E-state index contributed by atoms with van der Waals surface area (Å²) in [7, 11) is 0. The summed E-state index contributed by atoms with van der Waals surface area (Å²) >= 11 is 5.10. The van der Waals surface area contributed by atoms with Crippen molar-refractivity contribution >= 4 is 39.2 Å². The van der Waals surface area contributed by atoms with Gasteiger partial charge >= 0.3 is 0 Å². The number of hydrogen-bond acceptors (Lipinski definition) is 3. The van der Waals surface area contributed by atoms with Crippen molar-refractivity contribution in [2.45, 2.75) is 13.0 Å². The van der Waals surface area contributed by atoms with Crippen LogP contribution in [0.5, 0.6) is 0 Å². The van der Waals surface area contributed by atoms with E-state index in [0.29, 0.717) is 0 Å². The molecule has 126 valence electrons. The fourth-order valence-corrected chi connectivity index (χ4v) is 3.52. The fourth-order valence-electron chi connectivity index (χ4n) is 2.34. The van der Waals surface area contributed by atoms with Crippen LogP contribution in [0.3, 0.4) is 0 Å². The van der Waals surface area contributed by atoms with Gasteiger partial charge in [-0.3, -0.25) is 9.78 Å². The number of rotatable bonds is 5. The van der Waals surface area contributed by atoms with Crippen LogP contribution in [-0.4, -0.2) is 10.9 Å². The maximum atomic E-state index is 12.1. The Morgan fingerprint density at radius 1 is 1.16 bits per heavy atom. The first-order valence-electron chi connectivity index (χ1n) is 7.87. The number of pyridine rings is 1. The van der Waals surface area contributed by atoms with E-state index >= 15 is 0 Å². The largest absolute Gasteiger partial charge is 0.344 e. The van der Waals surface area contributed by atoms with Crippen LogP contribution in [0, 0.1) is 0 Å². The Labute approximate surface area is 159 Å². The van der Waals surface area contributed by atoms with Crippen LogP contribution >= 0.6 is 27.3 Å². The third-order valence-corrected chi connectivity index (χ3v) is 5.27. The van der Waals surface area contributed by atoms with Crippen LogP contribution in [0.15, 0.2) is 71.3 Å². The van der Waals surface area contributed by atoms with Gasteiger partial charge in [0, 0.05) is 26.5 Å². The highest BCUT2D eigenvalue weighted by atomic mass is 79.9. The molecule has 1 amide bonds. The third-order valence-electron chi connectivity index (χ3n) is 3.64. The second-order valence-corrected chi connectivity index (χ2v) is 7.56. The molecule has 1 unspecified atom stereocenters. The second kappa shape index (κ2) is 8.23. The summed E-state index contributed by atoms with van der Waals surface area (Å²) in [6.45, 7) is 1.92. The molecule has 0 aliphatic rings. The monoisotopic (exact) mass is 412 g/mol. The maximum Gasteiger partial charge on any atom is 0.244 e. The Morgan fingerprint density at radius 2 is 1.96 bits per heavy atom. The number of amides is 1. The van der Waals surface area contributed by atoms with Crippen molar-refractivity contribution in [3.63, 3.8) is 0 Å². The Bertz CT molecular complexity index is 872. The predicted octanol–water partition coefficient (Wildman–Crippen LogP) is 5.46. The van der Waals surface area contributed by atoms with Crippen molar-refractivity contribution in [3.05, 3.63) is 81.9 Å². The van der Waals surface area contributed by atoms with E-state index in [1.807, 2.05) is 49.4 Å². The van der Waals surface area contributed by atoms with Crippen molar-refractivity contribution in [2.75, 3.05) is 0 Å². The summed E-state index contributed by atoms with van der Waals surface area (Å²) in [4.78, 5) is 18.6. The Balaban J connectivity index is 1.62. The van der Waals surface area contributed by atoms with Gasteiger partial charge in [0.1, 0.15) is 0 Å². The molecule has 0 spiro atoms. The maximum absolute atomic E-state index is 12.1. The standard InChI is InChI=1S/C20H17BrN2OS/c1-14(18-4-2-3-13-22-18)23-20(24)12-10-17-9-11-19(25-17)15-5-7-16(21)8-6-15/h2-14H,1H3,(H,23,24)/b12-10+. The molecule has 25 heavy (non-hydrogen) atoms. The lowest BCUT2D eigenvalue weighted by molar-refractivity contribution is -0.117. The summed E-state index contributed by atoms with van der Waals surface area (Å²) < 4.78 is 1.06. The van der Waals surface area contributed by atoms with Crippen molar-refractivity contribution in [2.24, 2.45) is 0 Å². The molecule has 5 heteroatoms. The van der Waals surface area contributed by atoms with Crippen LogP contribution in [0.1, 0.15) is 23.5 Å². The lowest BCUT2D eigenvalue weighted by atomic mass is 10.2. The van der Waals surface area contributed by atoms with E-state index in [-0.39, 0.29) is 11.9 Å². The highest BCUT2D eigenvalue weighted by molar-refractivity contribution is 9.10. The molecular weight excluding hydrogens is 396 g/mol. The Kier molecular flexibility index (Phi) is 5.79. The summed E-state index contributed by atoms with van der Waals surface area (Å²) in [5, 5.41) is 2.92. The van der Waals surface area contributed by atoms with Gasteiger partial charge in [0.05, 0.1) is 11.7 Å². The molecule has 2 heterocycles. The average Bonchev–Trinajstić information content (AvgIpc) is 3.10. The topological polar surface area (TPSA) is 42.0 Å². The second-order valence-electron chi connectivity index (χ2n) is 5.53. The molecule has 3 rings (SSSR count). The van der Waals surface area contributed by atoms with E-state index in [1.54, 1.807) is 23.6 Å². The number of aromatic nitrogens is 1.